The first-order chi connectivity index (χ1) is 17.6. The van der Waals surface area contributed by atoms with Gasteiger partial charge in [0.25, 0.3) is 0 Å². The summed E-state index contributed by atoms with van der Waals surface area (Å²) < 4.78 is 7.57. The van der Waals surface area contributed by atoms with Crippen LogP contribution in [0.4, 0.5) is 11.4 Å². The Morgan fingerprint density at radius 2 is 1.32 bits per heavy atom. The minimum atomic E-state index is -1.75. The minimum absolute atomic E-state index is 0.801. The molecule has 0 amide bonds. The number of ether oxygens (including phenoxy) is 1. The van der Waals surface area contributed by atoms with E-state index in [0.29, 0.717) is 0 Å². The predicted octanol–water partition coefficient (Wildman–Crippen LogP) is 7.95. The van der Waals surface area contributed by atoms with E-state index >= 15 is 0 Å². The number of halogens is 2. The third kappa shape index (κ3) is 6.77. The average Bonchev–Trinajstić information content (AvgIpc) is 3.27. The van der Waals surface area contributed by atoms with E-state index in [1.807, 2.05) is 16.7 Å². The molecule has 2 aliphatic rings. The molecule has 0 aromatic heterocycles. The van der Waals surface area contributed by atoms with Crippen LogP contribution in [0.2, 0.25) is 0 Å². The van der Waals surface area contributed by atoms with Crippen molar-refractivity contribution in [3.8, 4) is 5.75 Å². The van der Waals surface area contributed by atoms with Crippen LogP contribution < -0.4 is 14.5 Å². The molecule has 37 heavy (non-hydrogen) atoms. The summed E-state index contributed by atoms with van der Waals surface area (Å²) in [5.74, 6) is 0.985. The van der Waals surface area contributed by atoms with E-state index in [4.69, 9.17) is 24.1 Å². The summed E-state index contributed by atoms with van der Waals surface area (Å²) >= 11 is -1.75. The second kappa shape index (κ2) is 12.3. The van der Waals surface area contributed by atoms with Crippen molar-refractivity contribution in [1.29, 1.82) is 0 Å². The number of para-hydroxylation sites is 1. The molecule has 198 valence electrons. The van der Waals surface area contributed by atoms with Crippen molar-refractivity contribution in [2.24, 2.45) is 0 Å². The number of fused-ring (bicyclic) bond motifs is 1. The number of rotatable bonds is 3. The molecule has 3 aromatic carbocycles. The molecule has 2 radical (unpaired) electrons. The molecule has 2 heterocycles. The molecule has 0 spiro atoms. The molecular formula is C31H36Cl2N2ORu. The van der Waals surface area contributed by atoms with E-state index in [-0.39, 0.29) is 0 Å². The van der Waals surface area contributed by atoms with Gasteiger partial charge < -0.3 is 9.80 Å². The molecule has 0 saturated carbocycles. The first-order valence-corrected chi connectivity index (χ1v) is 18.2. The van der Waals surface area contributed by atoms with Crippen LogP contribution in [-0.4, -0.2) is 24.3 Å². The number of hydrogen-bond donors (Lipinski definition) is 0. The van der Waals surface area contributed by atoms with Crippen LogP contribution >= 0.6 is 19.4 Å². The normalized spacial score (nSPS) is 15.0. The molecule has 3 aromatic rings. The summed E-state index contributed by atoms with van der Waals surface area (Å²) in [4.78, 5) is 4.56. The van der Waals surface area contributed by atoms with Gasteiger partial charge in [0, 0.05) is 24.5 Å². The van der Waals surface area contributed by atoms with E-state index in [9.17, 15) is 0 Å². The number of aryl methyl sites for hydroxylation is 7. The summed E-state index contributed by atoms with van der Waals surface area (Å²) in [6, 6.07) is 15.2. The quantitative estimate of drug-likeness (QED) is 0.275. The maximum atomic E-state index is 5.85. The number of nitrogens with zero attached hydrogens (tertiary/aromatic N) is 2. The van der Waals surface area contributed by atoms with Crippen LogP contribution in [0.3, 0.4) is 0 Å². The molecule has 5 rings (SSSR count). The third-order valence-corrected chi connectivity index (χ3v) is 8.58. The Balaban J connectivity index is 0.000000195. The topological polar surface area (TPSA) is 15.7 Å². The van der Waals surface area contributed by atoms with Gasteiger partial charge in [-0.05, 0) is 63.8 Å². The third-order valence-electron chi connectivity index (χ3n) is 6.75. The van der Waals surface area contributed by atoms with Crippen molar-refractivity contribution in [2.45, 2.75) is 54.4 Å². The van der Waals surface area contributed by atoms with E-state index in [2.05, 4.69) is 88.3 Å². The molecule has 0 atom stereocenters. The Labute approximate surface area is 235 Å². The fourth-order valence-corrected chi connectivity index (χ4v) is 7.33. The standard InChI is InChI=1S/C21H26N2.C10H10O.2ClH.Ru/c1-14-9-16(3)20(17(4)10-14)22-7-8-23(13-22)21-18(5)11-15(2)12-19(21)6;1-8-4-2-5-9-6-3-7-11-10(8)9;;;/h9-12H,7-8H2,1-6H3;1-2,4-5H,3,6-7H2;2*1H;/q;;;;+2/p-2. The Kier molecular flexibility index (Phi) is 9.38. The average molecular weight is 625 g/mol. The fourth-order valence-electron chi connectivity index (χ4n) is 5.54. The van der Waals surface area contributed by atoms with Gasteiger partial charge in [0.2, 0.25) is 6.67 Å². The SMILES string of the molecule is Cc1cc(C)c(N2[C]N(c3c(C)cc(C)cc3C)CC2)c(C)c1.[Cl][Ru]([Cl])=[CH]c1cccc2c1OCCC2. The van der Waals surface area contributed by atoms with Crippen LogP contribution in [0, 0.1) is 48.2 Å². The van der Waals surface area contributed by atoms with E-state index < -0.39 is 13.5 Å². The number of hydrogen-bond acceptors (Lipinski definition) is 3. The monoisotopic (exact) mass is 624 g/mol. The fraction of sp³-hybridized carbons (Fsp3) is 0.355. The number of anilines is 2. The van der Waals surface area contributed by atoms with Crippen molar-refractivity contribution in [3.05, 3.63) is 93.6 Å². The Morgan fingerprint density at radius 3 is 1.81 bits per heavy atom. The summed E-state index contributed by atoms with van der Waals surface area (Å²) in [5, 5.41) is 0. The zero-order valence-electron chi connectivity index (χ0n) is 22.6. The molecule has 0 N–H and O–H groups in total. The molecule has 0 unspecified atom stereocenters. The van der Waals surface area contributed by atoms with Gasteiger partial charge in [-0.25, -0.2) is 0 Å². The molecule has 3 nitrogen and oxygen atoms in total. The molecule has 2 aliphatic heterocycles. The van der Waals surface area contributed by atoms with E-state index in [0.717, 1.165) is 43.9 Å². The van der Waals surface area contributed by atoms with Crippen molar-refractivity contribution in [2.75, 3.05) is 29.5 Å². The molecule has 0 aliphatic carbocycles. The molecule has 1 saturated heterocycles. The number of benzene rings is 3. The van der Waals surface area contributed by atoms with Gasteiger partial charge in [-0.2, -0.15) is 0 Å². The zero-order valence-corrected chi connectivity index (χ0v) is 25.8. The first-order valence-electron chi connectivity index (χ1n) is 12.7. The summed E-state index contributed by atoms with van der Waals surface area (Å²) in [6.07, 6.45) is 2.19. The second-order valence-electron chi connectivity index (χ2n) is 9.99. The first kappa shape index (κ1) is 28.1. The second-order valence-corrected chi connectivity index (χ2v) is 15.7. The molecule has 1 fully saturated rings. The summed E-state index contributed by atoms with van der Waals surface area (Å²) in [5.41, 5.74) is 12.9. The van der Waals surface area contributed by atoms with Gasteiger partial charge >= 0.3 is 96.8 Å². The van der Waals surface area contributed by atoms with Gasteiger partial charge in [0.05, 0.1) is 0 Å². The van der Waals surface area contributed by atoms with Gasteiger partial charge in [-0.1, -0.05) is 35.4 Å². The Bertz CT molecular complexity index is 1210. The van der Waals surface area contributed by atoms with Crippen LogP contribution in [0.5, 0.6) is 5.75 Å². The maximum absolute atomic E-state index is 5.85. The van der Waals surface area contributed by atoms with Crippen molar-refractivity contribution in [1.82, 2.24) is 0 Å². The Morgan fingerprint density at radius 1 is 0.811 bits per heavy atom. The van der Waals surface area contributed by atoms with Gasteiger partial charge in [0.1, 0.15) is 0 Å². The molecular weight excluding hydrogens is 588 g/mol. The molecule has 6 heteroatoms. The van der Waals surface area contributed by atoms with E-state index in [1.165, 1.54) is 50.3 Å². The zero-order chi connectivity index (χ0) is 26.7. The summed E-state index contributed by atoms with van der Waals surface area (Å²) in [6.45, 7) is 19.5. The Hall–Kier alpha value is -1.87. The van der Waals surface area contributed by atoms with Crippen LogP contribution in [0.15, 0.2) is 42.5 Å². The van der Waals surface area contributed by atoms with Crippen LogP contribution in [0.1, 0.15) is 50.9 Å². The summed E-state index contributed by atoms with van der Waals surface area (Å²) in [7, 11) is 11.7. The van der Waals surface area contributed by atoms with Crippen molar-refractivity contribution in [3.63, 3.8) is 0 Å². The van der Waals surface area contributed by atoms with Crippen LogP contribution in [-0.2, 0) is 19.9 Å². The molecule has 0 bridgehead atoms. The van der Waals surface area contributed by atoms with Gasteiger partial charge in [0.15, 0.2) is 0 Å². The predicted molar refractivity (Wildman–Crippen MR) is 156 cm³/mol. The van der Waals surface area contributed by atoms with Crippen LogP contribution in [0.25, 0.3) is 0 Å². The van der Waals surface area contributed by atoms with E-state index in [1.54, 1.807) is 0 Å². The van der Waals surface area contributed by atoms with Gasteiger partial charge in [-0.15, -0.1) is 0 Å². The van der Waals surface area contributed by atoms with Crippen molar-refractivity contribution < 1.29 is 18.3 Å². The van der Waals surface area contributed by atoms with Crippen molar-refractivity contribution >= 4 is 35.4 Å². The van der Waals surface area contributed by atoms with Gasteiger partial charge in [-0.3, -0.25) is 0 Å².